The number of nitrogens with one attached hydrogen (secondary N) is 2. The van der Waals surface area contributed by atoms with Gasteiger partial charge >= 0.3 is 0 Å². The Morgan fingerprint density at radius 2 is 1.93 bits per heavy atom. The quantitative estimate of drug-likeness (QED) is 0.652. The molecule has 0 aliphatic carbocycles. The number of aryl methyl sites for hydroxylation is 1. The van der Waals surface area contributed by atoms with Crippen LogP contribution in [0.2, 0.25) is 5.02 Å². The monoisotopic (exact) mass is 422 g/mol. The van der Waals surface area contributed by atoms with Crippen molar-refractivity contribution in [2.24, 2.45) is 0 Å². The Labute approximate surface area is 180 Å². The maximum Gasteiger partial charge on any atom is 0.255 e. The smallest absolute Gasteiger partial charge is 0.255 e. The topological polar surface area (TPSA) is 75.1 Å². The Hall–Kier alpha value is -3.06. The van der Waals surface area contributed by atoms with Crippen LogP contribution in [0.15, 0.2) is 36.7 Å². The number of pyridine rings is 1. The number of hydrogen-bond acceptors (Lipinski definition) is 5. The summed E-state index contributed by atoms with van der Waals surface area (Å²) in [4.78, 5) is 18.9. The highest BCUT2D eigenvalue weighted by atomic mass is 35.5. The van der Waals surface area contributed by atoms with Gasteiger partial charge in [0.15, 0.2) is 0 Å². The van der Waals surface area contributed by atoms with Crippen LogP contribution in [0.5, 0.6) is 0 Å². The van der Waals surface area contributed by atoms with Crippen LogP contribution in [0.3, 0.4) is 0 Å². The van der Waals surface area contributed by atoms with Gasteiger partial charge in [-0.15, -0.1) is 0 Å². The first-order chi connectivity index (χ1) is 14.6. The van der Waals surface area contributed by atoms with Crippen molar-refractivity contribution in [2.75, 3.05) is 24.2 Å². The molecule has 2 N–H and O–H groups in total. The van der Waals surface area contributed by atoms with Crippen LogP contribution in [-0.4, -0.2) is 39.2 Å². The fourth-order valence-electron chi connectivity index (χ4n) is 4.16. The molecule has 0 spiro atoms. The normalized spacial score (nSPS) is 15.5. The number of benzene rings is 1. The summed E-state index contributed by atoms with van der Waals surface area (Å²) in [7, 11) is 1.83. The van der Waals surface area contributed by atoms with Gasteiger partial charge in [-0.25, -0.2) is 4.98 Å². The second kappa shape index (κ2) is 7.65. The van der Waals surface area contributed by atoms with Crippen molar-refractivity contribution in [1.29, 1.82) is 0 Å². The Morgan fingerprint density at radius 3 is 2.83 bits per heavy atom. The minimum Gasteiger partial charge on any atom is -0.353 e. The standard InChI is InChI=1S/C22H23ClN6O/c1-28-10-8-14-5-4-6-16(21(14)22(28)30)26-17-11-20(24-12-15(17)23)27-18-13-25-29-9-3-2-7-19(18)29/h4-6,11-13H,2-3,7-10H2,1H3,(H2,24,26,27). The van der Waals surface area contributed by atoms with Crippen LogP contribution in [0.1, 0.15) is 34.5 Å². The molecule has 7 nitrogen and oxygen atoms in total. The van der Waals surface area contributed by atoms with Crippen molar-refractivity contribution in [3.05, 3.63) is 58.5 Å². The van der Waals surface area contributed by atoms with E-state index in [1.807, 2.05) is 37.5 Å². The number of anilines is 4. The first-order valence-electron chi connectivity index (χ1n) is 10.2. The van der Waals surface area contributed by atoms with Gasteiger partial charge in [0, 0.05) is 26.2 Å². The van der Waals surface area contributed by atoms with Gasteiger partial charge in [-0.3, -0.25) is 9.48 Å². The molecule has 0 bridgehead atoms. The van der Waals surface area contributed by atoms with E-state index < -0.39 is 0 Å². The number of likely N-dealkylation sites (N-methyl/N-ethyl adjacent to an activating group) is 1. The van der Waals surface area contributed by atoms with E-state index in [2.05, 4.69) is 25.4 Å². The van der Waals surface area contributed by atoms with E-state index >= 15 is 0 Å². The summed E-state index contributed by atoms with van der Waals surface area (Å²) in [6.07, 6.45) is 7.65. The van der Waals surface area contributed by atoms with E-state index in [4.69, 9.17) is 11.6 Å². The molecule has 2 aliphatic rings. The zero-order chi connectivity index (χ0) is 20.7. The zero-order valence-corrected chi connectivity index (χ0v) is 17.5. The summed E-state index contributed by atoms with van der Waals surface area (Å²) < 4.78 is 2.05. The zero-order valence-electron chi connectivity index (χ0n) is 16.8. The predicted molar refractivity (Wildman–Crippen MR) is 118 cm³/mol. The Bertz CT molecular complexity index is 1120. The van der Waals surface area contributed by atoms with Gasteiger partial charge in [0.25, 0.3) is 5.91 Å². The van der Waals surface area contributed by atoms with E-state index in [9.17, 15) is 4.79 Å². The molecule has 154 valence electrons. The minimum absolute atomic E-state index is 0.0226. The van der Waals surface area contributed by atoms with Crippen LogP contribution in [0.25, 0.3) is 0 Å². The maximum absolute atomic E-state index is 12.7. The third-order valence-corrected chi connectivity index (χ3v) is 6.10. The molecule has 2 aliphatic heterocycles. The number of amides is 1. The lowest BCUT2D eigenvalue weighted by atomic mass is 9.97. The molecule has 1 amide bonds. The molecule has 5 rings (SSSR count). The average molecular weight is 423 g/mol. The van der Waals surface area contributed by atoms with Gasteiger partial charge < -0.3 is 15.5 Å². The van der Waals surface area contributed by atoms with E-state index in [1.54, 1.807) is 11.1 Å². The van der Waals surface area contributed by atoms with Gasteiger partial charge in [0.05, 0.1) is 45.7 Å². The Morgan fingerprint density at radius 1 is 1.03 bits per heavy atom. The number of carbonyl (C=O) groups is 1. The molecular formula is C22H23ClN6O. The predicted octanol–water partition coefficient (Wildman–Crippen LogP) is 4.38. The van der Waals surface area contributed by atoms with Crippen molar-refractivity contribution in [3.63, 3.8) is 0 Å². The molecule has 0 saturated heterocycles. The molecule has 0 radical (unpaired) electrons. The number of halogens is 1. The highest BCUT2D eigenvalue weighted by Crippen LogP contribution is 2.33. The lowest BCUT2D eigenvalue weighted by Crippen LogP contribution is -2.34. The fourth-order valence-corrected chi connectivity index (χ4v) is 4.31. The van der Waals surface area contributed by atoms with Gasteiger partial charge in [-0.2, -0.15) is 5.10 Å². The van der Waals surface area contributed by atoms with Crippen molar-refractivity contribution in [2.45, 2.75) is 32.2 Å². The second-order valence-electron chi connectivity index (χ2n) is 7.80. The number of nitrogens with zero attached hydrogens (tertiary/aromatic N) is 4. The number of aromatic nitrogens is 3. The largest absolute Gasteiger partial charge is 0.353 e. The lowest BCUT2D eigenvalue weighted by Gasteiger charge is -2.27. The molecular weight excluding hydrogens is 400 g/mol. The first kappa shape index (κ1) is 18.9. The number of hydrogen-bond donors (Lipinski definition) is 2. The minimum atomic E-state index is 0.0226. The molecule has 30 heavy (non-hydrogen) atoms. The van der Waals surface area contributed by atoms with Crippen LogP contribution in [-0.2, 0) is 19.4 Å². The third kappa shape index (κ3) is 3.39. The van der Waals surface area contributed by atoms with Crippen molar-refractivity contribution < 1.29 is 4.79 Å². The molecule has 4 heterocycles. The SMILES string of the molecule is CN1CCc2cccc(Nc3cc(Nc4cnn5c4CCCC5)ncc3Cl)c2C1=O. The highest BCUT2D eigenvalue weighted by molar-refractivity contribution is 6.33. The summed E-state index contributed by atoms with van der Waals surface area (Å²) in [6, 6.07) is 7.75. The van der Waals surface area contributed by atoms with E-state index in [0.29, 0.717) is 22.1 Å². The van der Waals surface area contributed by atoms with Gasteiger partial charge in [0.2, 0.25) is 0 Å². The number of fused-ring (bicyclic) bond motifs is 2. The van der Waals surface area contributed by atoms with Gasteiger partial charge in [-0.05, 0) is 37.3 Å². The van der Waals surface area contributed by atoms with Crippen LogP contribution < -0.4 is 10.6 Å². The van der Waals surface area contributed by atoms with E-state index in [-0.39, 0.29) is 5.91 Å². The molecule has 2 aromatic heterocycles. The summed E-state index contributed by atoms with van der Waals surface area (Å²) >= 11 is 6.43. The van der Waals surface area contributed by atoms with Crippen LogP contribution in [0.4, 0.5) is 22.9 Å². The van der Waals surface area contributed by atoms with Gasteiger partial charge in [-0.1, -0.05) is 23.7 Å². The molecule has 0 unspecified atom stereocenters. The third-order valence-electron chi connectivity index (χ3n) is 5.80. The Kier molecular flexibility index (Phi) is 4.83. The molecule has 3 aromatic rings. The summed E-state index contributed by atoms with van der Waals surface area (Å²) in [6.45, 7) is 1.69. The molecule has 1 aromatic carbocycles. The lowest BCUT2D eigenvalue weighted by molar-refractivity contribution is 0.0782. The van der Waals surface area contributed by atoms with Crippen molar-refractivity contribution in [1.82, 2.24) is 19.7 Å². The van der Waals surface area contributed by atoms with Crippen LogP contribution in [0, 0.1) is 0 Å². The molecule has 0 atom stereocenters. The van der Waals surface area contributed by atoms with E-state index in [1.165, 1.54) is 12.1 Å². The highest BCUT2D eigenvalue weighted by Gasteiger charge is 2.25. The van der Waals surface area contributed by atoms with E-state index in [0.717, 1.165) is 49.3 Å². The fraction of sp³-hybridized carbons (Fsp3) is 0.318. The number of rotatable bonds is 4. The van der Waals surface area contributed by atoms with Crippen LogP contribution >= 0.6 is 11.6 Å². The average Bonchev–Trinajstić information content (AvgIpc) is 3.16. The summed E-state index contributed by atoms with van der Waals surface area (Å²) in [5.41, 5.74) is 5.40. The molecule has 8 heteroatoms. The first-order valence-corrected chi connectivity index (χ1v) is 10.6. The number of carbonyl (C=O) groups excluding carboxylic acids is 1. The maximum atomic E-state index is 12.7. The molecule has 0 saturated carbocycles. The summed E-state index contributed by atoms with van der Waals surface area (Å²) in [5.74, 6) is 0.700. The van der Waals surface area contributed by atoms with Gasteiger partial charge in [0.1, 0.15) is 5.82 Å². The van der Waals surface area contributed by atoms with Crippen molar-refractivity contribution in [3.8, 4) is 0 Å². The Balaban J connectivity index is 1.44. The second-order valence-corrected chi connectivity index (χ2v) is 8.21. The molecule has 0 fully saturated rings. The summed E-state index contributed by atoms with van der Waals surface area (Å²) in [5, 5.41) is 11.7. The van der Waals surface area contributed by atoms with Crippen molar-refractivity contribution >= 4 is 40.4 Å².